The van der Waals surface area contributed by atoms with Gasteiger partial charge in [0.2, 0.25) is 0 Å². The second-order valence-electron chi connectivity index (χ2n) is 9.88. The molecule has 13 nitrogen and oxygen atoms in total. The van der Waals surface area contributed by atoms with E-state index in [4.69, 9.17) is 14.2 Å². The number of hydrogen-bond donors (Lipinski definition) is 3. The number of urea groups is 1. The van der Waals surface area contributed by atoms with Crippen molar-refractivity contribution in [3.8, 4) is 0 Å². The molecule has 14 heteroatoms. The molecule has 3 N–H and O–H groups in total. The molecular weight excluding hydrogens is 562 g/mol. The summed E-state index contributed by atoms with van der Waals surface area (Å²) in [5.41, 5.74) is 3.95. The molecule has 5 atom stereocenters. The van der Waals surface area contributed by atoms with Crippen LogP contribution < -0.4 is 10.6 Å². The van der Waals surface area contributed by atoms with Gasteiger partial charge in [-0.1, -0.05) is 36.4 Å². The molecule has 4 aromatic rings. The number of carbonyl (C=O) groups excluding carboxylic acids is 1. The Hall–Kier alpha value is -4.24. The first kappa shape index (κ1) is 27.9. The molecule has 3 aromatic heterocycles. The number of aromatic carboxylic acids is 1. The maximum absolute atomic E-state index is 12.1. The lowest BCUT2D eigenvalue weighted by Crippen LogP contribution is -2.29. The van der Waals surface area contributed by atoms with Crippen molar-refractivity contribution in [2.24, 2.45) is 5.92 Å². The number of nitrogens with zero attached hydrogens (tertiary/aromatic N) is 5. The average Bonchev–Trinajstić information content (AvgIpc) is 3.77. The number of amides is 2. The van der Waals surface area contributed by atoms with Gasteiger partial charge in [0, 0.05) is 12.5 Å². The second-order valence-corrected chi connectivity index (χ2v) is 10.7. The molecule has 1 saturated carbocycles. The minimum Gasteiger partial charge on any atom is -0.477 e. The molecule has 2 fully saturated rings. The number of imidazole rings is 1. The third-order valence-electron chi connectivity index (χ3n) is 7.23. The minimum absolute atomic E-state index is 0.0609. The lowest BCUT2D eigenvalue weighted by atomic mass is 10.1. The number of fused-ring (bicyclic) bond motifs is 2. The maximum atomic E-state index is 12.1. The van der Waals surface area contributed by atoms with Gasteiger partial charge in [0.1, 0.15) is 17.3 Å². The summed E-state index contributed by atoms with van der Waals surface area (Å²) in [6, 6.07) is 9.32. The van der Waals surface area contributed by atoms with Crippen molar-refractivity contribution in [2.75, 3.05) is 18.5 Å². The van der Waals surface area contributed by atoms with Crippen LogP contribution in [0, 0.1) is 5.92 Å². The van der Waals surface area contributed by atoms with E-state index < -0.39 is 12.3 Å². The lowest BCUT2D eigenvalue weighted by molar-refractivity contribution is -0.0587. The summed E-state index contributed by atoms with van der Waals surface area (Å²) in [6.45, 7) is 2.70. The zero-order valence-corrected chi connectivity index (χ0v) is 23.4. The summed E-state index contributed by atoms with van der Waals surface area (Å²) in [6.07, 6.45) is 6.37. The first-order valence-corrected chi connectivity index (χ1v) is 14.4. The number of carboxylic acid groups (broad SMARTS) is 1. The van der Waals surface area contributed by atoms with Gasteiger partial charge < -0.3 is 29.2 Å². The van der Waals surface area contributed by atoms with Crippen LogP contribution in [0.15, 0.2) is 54.6 Å². The van der Waals surface area contributed by atoms with E-state index in [1.165, 1.54) is 11.8 Å². The predicted octanol–water partition coefficient (Wildman–Crippen LogP) is 3.72. The summed E-state index contributed by atoms with van der Waals surface area (Å²) in [7, 11) is 0. The van der Waals surface area contributed by atoms with Gasteiger partial charge in [-0.25, -0.2) is 29.5 Å². The Morgan fingerprint density at radius 3 is 2.81 bits per heavy atom. The van der Waals surface area contributed by atoms with Crippen molar-refractivity contribution >= 4 is 46.4 Å². The van der Waals surface area contributed by atoms with Gasteiger partial charge in [0.15, 0.2) is 23.3 Å². The van der Waals surface area contributed by atoms with Crippen molar-refractivity contribution in [1.29, 1.82) is 0 Å². The van der Waals surface area contributed by atoms with Crippen molar-refractivity contribution in [1.82, 2.24) is 29.8 Å². The molecule has 218 valence electrons. The standard InChI is InChI=1S/C28H29N7O6S/c1-2-29-28(38)34-25-21-26(31-13-30-25)35(14-32-21)19-10-17(11-39-12-18-24(27(36)37)42-15-33-18)22-23(19)41-20(40-22)9-8-16-6-4-3-5-7-16/h3-9,13-15,17,19-20,22-23H,2,10-12H2,1H3,(H,36,37)(H2,29,30,31,34,38)/t17?,19?,20-,22?,23?/m0/s1. The van der Waals surface area contributed by atoms with Crippen LogP contribution in [0.3, 0.4) is 0 Å². The molecule has 1 saturated heterocycles. The van der Waals surface area contributed by atoms with E-state index >= 15 is 0 Å². The third-order valence-corrected chi connectivity index (χ3v) is 8.09. The van der Waals surface area contributed by atoms with Crippen LogP contribution >= 0.6 is 11.3 Å². The van der Waals surface area contributed by atoms with E-state index in [1.54, 1.807) is 6.33 Å². The number of carboxylic acids is 1. The van der Waals surface area contributed by atoms with E-state index in [0.29, 0.717) is 42.2 Å². The first-order valence-electron chi connectivity index (χ1n) is 13.5. The Morgan fingerprint density at radius 1 is 1.17 bits per heavy atom. The van der Waals surface area contributed by atoms with Gasteiger partial charge >= 0.3 is 12.0 Å². The van der Waals surface area contributed by atoms with Crippen molar-refractivity contribution in [3.05, 3.63) is 70.7 Å². The molecule has 4 unspecified atom stereocenters. The minimum atomic E-state index is -1.02. The molecule has 1 aliphatic carbocycles. The largest absolute Gasteiger partial charge is 0.477 e. The van der Waals surface area contributed by atoms with Crippen LogP contribution in [0.4, 0.5) is 10.6 Å². The average molecular weight is 592 g/mol. The van der Waals surface area contributed by atoms with Gasteiger partial charge in [-0.05, 0) is 25.0 Å². The predicted molar refractivity (Wildman–Crippen MR) is 153 cm³/mol. The van der Waals surface area contributed by atoms with Gasteiger partial charge in [-0.3, -0.25) is 5.32 Å². The van der Waals surface area contributed by atoms with Crippen LogP contribution in [0.5, 0.6) is 0 Å². The number of carbonyl (C=O) groups is 2. The molecular formula is C28H29N7O6S. The van der Waals surface area contributed by atoms with Gasteiger partial charge in [-0.15, -0.1) is 11.3 Å². The number of nitrogens with one attached hydrogen (secondary N) is 2. The highest BCUT2D eigenvalue weighted by Crippen LogP contribution is 2.45. The first-order chi connectivity index (χ1) is 20.5. The summed E-state index contributed by atoms with van der Waals surface area (Å²) < 4.78 is 20.7. The highest BCUT2D eigenvalue weighted by atomic mass is 32.1. The third kappa shape index (κ3) is 5.74. The van der Waals surface area contributed by atoms with Gasteiger partial charge in [0.05, 0.1) is 42.9 Å². The van der Waals surface area contributed by atoms with Crippen molar-refractivity contribution < 1.29 is 28.9 Å². The molecule has 42 heavy (non-hydrogen) atoms. The highest BCUT2D eigenvalue weighted by Gasteiger charge is 2.52. The fourth-order valence-electron chi connectivity index (χ4n) is 5.39. The summed E-state index contributed by atoms with van der Waals surface area (Å²) in [4.78, 5) is 41.1. The summed E-state index contributed by atoms with van der Waals surface area (Å²) >= 11 is 1.07. The monoisotopic (exact) mass is 591 g/mol. The Kier molecular flexibility index (Phi) is 8.19. The van der Waals surface area contributed by atoms with E-state index in [2.05, 4.69) is 30.6 Å². The Bertz CT molecular complexity index is 1590. The number of aromatic nitrogens is 5. The number of rotatable bonds is 10. The van der Waals surface area contributed by atoms with Crippen molar-refractivity contribution in [2.45, 2.75) is 44.5 Å². The van der Waals surface area contributed by atoms with Crippen LogP contribution in [-0.4, -0.2) is 73.3 Å². The number of thiazole rings is 1. The quantitative estimate of drug-likeness (QED) is 0.248. The molecule has 2 aliphatic rings. The Morgan fingerprint density at radius 2 is 2.00 bits per heavy atom. The number of anilines is 1. The van der Waals surface area contributed by atoms with Gasteiger partial charge in [0.25, 0.3) is 0 Å². The second kappa shape index (κ2) is 12.3. The summed E-state index contributed by atoms with van der Waals surface area (Å²) in [5.74, 6) is -0.772. The molecule has 0 radical (unpaired) electrons. The van der Waals surface area contributed by atoms with E-state index in [0.717, 1.165) is 16.9 Å². The van der Waals surface area contributed by atoms with Crippen LogP contribution in [0.2, 0.25) is 0 Å². The van der Waals surface area contributed by atoms with E-state index in [-0.39, 0.29) is 41.7 Å². The van der Waals surface area contributed by atoms with Crippen LogP contribution in [0.25, 0.3) is 17.2 Å². The highest BCUT2D eigenvalue weighted by molar-refractivity contribution is 7.11. The van der Waals surface area contributed by atoms with Crippen LogP contribution in [-0.2, 0) is 20.8 Å². The zero-order valence-electron chi connectivity index (χ0n) is 22.6. The van der Waals surface area contributed by atoms with Crippen molar-refractivity contribution in [3.63, 3.8) is 0 Å². The Balaban J connectivity index is 1.23. The molecule has 0 spiro atoms. The molecule has 1 aromatic carbocycles. The SMILES string of the molecule is CCNC(=O)Nc1ncnc2c1ncn2C1CC(COCc2ncsc2C(=O)O)C2O[C@H](C=Cc3ccccc3)OC21. The fourth-order valence-corrected chi connectivity index (χ4v) is 6.03. The smallest absolute Gasteiger partial charge is 0.347 e. The molecule has 2 amide bonds. The summed E-state index contributed by atoms with van der Waals surface area (Å²) in [5, 5.41) is 14.8. The van der Waals surface area contributed by atoms with Crippen LogP contribution in [0.1, 0.15) is 40.3 Å². The van der Waals surface area contributed by atoms with E-state index in [9.17, 15) is 14.7 Å². The molecule has 4 heterocycles. The van der Waals surface area contributed by atoms with E-state index in [1.807, 2.05) is 54.0 Å². The lowest BCUT2D eigenvalue weighted by Gasteiger charge is -2.19. The molecule has 0 bridgehead atoms. The van der Waals surface area contributed by atoms with Gasteiger partial charge in [-0.2, -0.15) is 0 Å². The maximum Gasteiger partial charge on any atom is 0.347 e. The number of ether oxygens (including phenoxy) is 3. The molecule has 6 rings (SSSR count). The Labute approximate surface area is 244 Å². The number of hydrogen-bond acceptors (Lipinski definition) is 10. The zero-order chi connectivity index (χ0) is 29.1. The fraction of sp³-hybridized carbons (Fsp3) is 0.357. The number of benzene rings is 1. The topological polar surface area (TPSA) is 163 Å². The normalized spacial score (nSPS) is 23.4. The molecule has 1 aliphatic heterocycles.